The van der Waals surface area contributed by atoms with Crippen LogP contribution in [0.25, 0.3) is 0 Å². The number of hydrogen-bond donors (Lipinski definition) is 0. The Hall–Kier alpha value is -0.0831. The van der Waals surface area contributed by atoms with E-state index in [0.717, 1.165) is 0 Å². The van der Waals surface area contributed by atoms with Crippen LogP contribution >= 0.6 is 0 Å². The van der Waals surface area contributed by atoms with Crippen LogP contribution in [0.2, 0.25) is 17.6 Å². The number of alkyl halides is 3. The molecule has 0 atom stereocenters. The number of rotatable bonds is 4. The van der Waals surface area contributed by atoms with E-state index in [1.165, 1.54) is 6.55 Å². The molecule has 0 aromatic carbocycles. The maximum Gasteiger partial charge on any atom is 0.522 e. The molecule has 8 heteroatoms. The maximum absolute atomic E-state index is 12.2. The van der Waals surface area contributed by atoms with E-state index >= 15 is 0 Å². The molecule has 0 amide bonds. The van der Waals surface area contributed by atoms with Crippen LogP contribution < -0.4 is 0 Å². The van der Waals surface area contributed by atoms with E-state index in [-0.39, 0.29) is 11.1 Å². The highest BCUT2D eigenvalue weighted by Gasteiger charge is 2.53. The van der Waals surface area contributed by atoms with Crippen LogP contribution in [0.15, 0.2) is 0 Å². The highest BCUT2D eigenvalue weighted by molar-refractivity contribution is 7.88. The summed E-state index contributed by atoms with van der Waals surface area (Å²) in [5.74, 6) is 0. The van der Waals surface area contributed by atoms with Crippen molar-refractivity contribution in [2.45, 2.75) is 50.8 Å². The third kappa shape index (κ3) is 3.20. The molecule has 0 aliphatic carbocycles. The highest BCUT2D eigenvalue weighted by Crippen LogP contribution is 2.38. The van der Waals surface area contributed by atoms with Crippen molar-refractivity contribution >= 4 is 18.4 Å². The van der Waals surface area contributed by atoms with Gasteiger partial charge < -0.3 is 3.87 Å². The van der Waals surface area contributed by atoms with E-state index in [2.05, 4.69) is 3.87 Å². The SMILES string of the molecule is CC(C)[Si](C)(OS(=O)(=O)C(F)(F)F)C(C)C. The summed E-state index contributed by atoms with van der Waals surface area (Å²) < 4.78 is 63.0. The van der Waals surface area contributed by atoms with E-state index in [4.69, 9.17) is 0 Å². The Morgan fingerprint density at radius 2 is 1.38 bits per heavy atom. The normalized spacial score (nSPS) is 14.9. The van der Waals surface area contributed by atoms with Crippen molar-refractivity contribution in [2.75, 3.05) is 0 Å². The first kappa shape index (κ1) is 15.9. The monoisotopic (exact) mass is 278 g/mol. The van der Waals surface area contributed by atoms with Gasteiger partial charge in [-0.2, -0.15) is 21.6 Å². The van der Waals surface area contributed by atoms with Gasteiger partial charge in [0.05, 0.1) is 0 Å². The van der Waals surface area contributed by atoms with Crippen LogP contribution in [0.5, 0.6) is 0 Å². The lowest BCUT2D eigenvalue weighted by Crippen LogP contribution is -2.46. The van der Waals surface area contributed by atoms with Crippen molar-refractivity contribution in [1.29, 1.82) is 0 Å². The summed E-state index contributed by atoms with van der Waals surface area (Å²) in [7, 11) is -8.44. The maximum atomic E-state index is 12.2. The third-order valence-electron chi connectivity index (χ3n) is 2.87. The molecule has 0 fully saturated rings. The lowest BCUT2D eigenvalue weighted by molar-refractivity contribution is -0.0505. The van der Waals surface area contributed by atoms with E-state index in [9.17, 15) is 21.6 Å². The van der Waals surface area contributed by atoms with Crippen molar-refractivity contribution in [3.05, 3.63) is 0 Å². The predicted octanol–water partition coefficient (Wildman–Crippen LogP) is 3.25. The molecule has 0 aliphatic rings. The summed E-state index contributed by atoms with van der Waals surface area (Å²) in [6, 6.07) is 0. The first-order valence-corrected chi connectivity index (χ1v) is 8.83. The first-order valence-electron chi connectivity index (χ1n) is 4.86. The molecule has 16 heavy (non-hydrogen) atoms. The van der Waals surface area contributed by atoms with E-state index in [1.807, 2.05) is 0 Å². The second-order valence-corrected chi connectivity index (χ2v) is 11.2. The van der Waals surface area contributed by atoms with Gasteiger partial charge in [-0.1, -0.05) is 27.7 Å². The quantitative estimate of drug-likeness (QED) is 0.585. The van der Waals surface area contributed by atoms with Gasteiger partial charge >= 0.3 is 15.6 Å². The van der Waals surface area contributed by atoms with Crippen molar-refractivity contribution in [3.63, 3.8) is 0 Å². The molecular formula is C8H17F3O3SSi. The van der Waals surface area contributed by atoms with Crippen molar-refractivity contribution in [2.24, 2.45) is 0 Å². The second kappa shape index (κ2) is 4.65. The minimum Gasteiger partial charge on any atom is -0.308 e. The summed E-state index contributed by atoms with van der Waals surface area (Å²) in [6.45, 7) is 8.22. The average molecular weight is 278 g/mol. The fourth-order valence-corrected chi connectivity index (χ4v) is 6.28. The molecule has 3 nitrogen and oxygen atoms in total. The molecule has 0 bridgehead atoms. The molecule has 0 aromatic rings. The molecule has 0 heterocycles. The molecule has 0 unspecified atom stereocenters. The Bertz CT molecular complexity index is 327. The molecule has 98 valence electrons. The fourth-order valence-electron chi connectivity index (χ4n) is 1.14. The zero-order valence-electron chi connectivity index (χ0n) is 9.92. The summed E-state index contributed by atoms with van der Waals surface area (Å²) in [4.78, 5) is 0. The fraction of sp³-hybridized carbons (Fsp3) is 1.00. The van der Waals surface area contributed by atoms with Crippen LogP contribution in [0.1, 0.15) is 27.7 Å². The van der Waals surface area contributed by atoms with Gasteiger partial charge in [-0.15, -0.1) is 0 Å². The molecule has 0 aromatic heterocycles. The van der Waals surface area contributed by atoms with Crippen molar-refractivity contribution in [3.8, 4) is 0 Å². The van der Waals surface area contributed by atoms with Crippen LogP contribution in [0.3, 0.4) is 0 Å². The van der Waals surface area contributed by atoms with Crippen molar-refractivity contribution in [1.82, 2.24) is 0 Å². The van der Waals surface area contributed by atoms with Gasteiger partial charge in [0, 0.05) is 0 Å². The second-order valence-electron chi connectivity index (χ2n) is 4.48. The van der Waals surface area contributed by atoms with Crippen molar-refractivity contribution < 1.29 is 25.5 Å². The Labute approximate surface area is 95.2 Å². The lowest BCUT2D eigenvalue weighted by Gasteiger charge is -2.34. The average Bonchev–Trinajstić information content (AvgIpc) is 2.00. The van der Waals surface area contributed by atoms with Crippen LogP contribution in [0, 0.1) is 0 Å². The standard InChI is InChI=1S/C8H17F3O3SSi/c1-6(2)16(5,7(3)4)14-15(12,13)8(9,10)11/h6-7H,1-5H3. The van der Waals surface area contributed by atoms with Gasteiger partial charge in [0.15, 0.2) is 0 Å². The molecule has 0 saturated carbocycles. The van der Waals surface area contributed by atoms with E-state index < -0.39 is 23.9 Å². The van der Waals surface area contributed by atoms with E-state index in [0.29, 0.717) is 0 Å². The largest absolute Gasteiger partial charge is 0.522 e. The van der Waals surface area contributed by atoms with Gasteiger partial charge in [-0.3, -0.25) is 0 Å². The topological polar surface area (TPSA) is 43.4 Å². The number of halogens is 3. The summed E-state index contributed by atoms with van der Waals surface area (Å²) in [5, 5.41) is 0. The van der Waals surface area contributed by atoms with Gasteiger partial charge in [-0.05, 0) is 17.6 Å². The van der Waals surface area contributed by atoms with Crippen LogP contribution in [-0.4, -0.2) is 22.2 Å². The zero-order valence-corrected chi connectivity index (χ0v) is 11.7. The van der Waals surface area contributed by atoms with Gasteiger partial charge in [0.25, 0.3) is 0 Å². The summed E-state index contributed by atoms with van der Waals surface area (Å²) in [6.07, 6.45) is 0. The molecule has 0 spiro atoms. The van der Waals surface area contributed by atoms with Crippen LogP contribution in [-0.2, 0) is 14.0 Å². The first-order chi connectivity index (χ1) is 6.84. The van der Waals surface area contributed by atoms with Crippen LogP contribution in [0.4, 0.5) is 13.2 Å². The third-order valence-corrected chi connectivity index (χ3v) is 10.3. The lowest BCUT2D eigenvalue weighted by atomic mass is 10.5. The smallest absolute Gasteiger partial charge is 0.308 e. The molecule has 0 radical (unpaired) electrons. The minimum absolute atomic E-state index is 0.218. The Balaban J connectivity index is 5.23. The molecular weight excluding hydrogens is 261 g/mol. The molecule has 0 saturated heterocycles. The Morgan fingerprint density at radius 3 is 1.56 bits per heavy atom. The highest BCUT2D eigenvalue weighted by atomic mass is 32.2. The van der Waals surface area contributed by atoms with Gasteiger partial charge in [-0.25, -0.2) is 0 Å². The number of hydrogen-bond acceptors (Lipinski definition) is 3. The predicted molar refractivity (Wildman–Crippen MR) is 57.9 cm³/mol. The zero-order chi connectivity index (χ0) is 13.4. The summed E-state index contributed by atoms with van der Waals surface area (Å²) >= 11 is 0. The summed E-state index contributed by atoms with van der Waals surface area (Å²) in [5.41, 5.74) is -5.78. The minimum atomic E-state index is -5.48. The molecule has 0 N–H and O–H groups in total. The van der Waals surface area contributed by atoms with E-state index in [1.54, 1.807) is 27.7 Å². The Kier molecular flexibility index (Phi) is 4.63. The molecule has 0 rings (SSSR count). The Morgan fingerprint density at radius 1 is 1.06 bits per heavy atom. The molecule has 0 aliphatic heterocycles. The van der Waals surface area contributed by atoms with Gasteiger partial charge in [0.1, 0.15) is 0 Å². The van der Waals surface area contributed by atoms with Gasteiger partial charge in [0.2, 0.25) is 8.32 Å².